The first-order chi connectivity index (χ1) is 7.31. The van der Waals surface area contributed by atoms with Crippen LogP contribution >= 0.6 is 11.6 Å². The molecule has 1 aliphatic rings. The monoisotopic (exact) mass is 224 g/mol. The molecular weight excluding hydrogens is 216 g/mol. The fraction of sp³-hybridized carbons (Fsp3) is 0.444. The molecule has 0 aromatic carbocycles. The summed E-state index contributed by atoms with van der Waals surface area (Å²) < 4.78 is 5.22. The van der Waals surface area contributed by atoms with Gasteiger partial charge in [-0.05, 0) is 11.6 Å². The van der Waals surface area contributed by atoms with E-state index < -0.39 is 0 Å². The predicted molar refractivity (Wildman–Crippen MR) is 54.8 cm³/mol. The first kappa shape index (κ1) is 10.1. The van der Waals surface area contributed by atoms with Gasteiger partial charge in [-0.3, -0.25) is 0 Å². The second-order valence-corrected chi connectivity index (χ2v) is 3.43. The quantitative estimate of drug-likeness (QED) is 0.662. The van der Waals surface area contributed by atoms with Crippen molar-refractivity contribution in [2.75, 3.05) is 31.2 Å². The molecule has 0 amide bonds. The van der Waals surface area contributed by atoms with Crippen LogP contribution in [0.4, 0.5) is 5.82 Å². The average Bonchev–Trinajstić information content (AvgIpc) is 2.30. The maximum Gasteiger partial charge on any atom is 0.224 e. The molecule has 15 heavy (non-hydrogen) atoms. The topological polar surface area (TPSA) is 62.0 Å². The van der Waals surface area contributed by atoms with Crippen molar-refractivity contribution in [1.82, 2.24) is 9.97 Å². The Balaban J connectivity index is 2.32. The van der Waals surface area contributed by atoms with Gasteiger partial charge in [0.2, 0.25) is 5.28 Å². The predicted octanol–water partition coefficient (Wildman–Crippen LogP) is 0.838. The average molecular weight is 225 g/mol. The molecule has 1 aliphatic heterocycles. The molecule has 0 N–H and O–H groups in total. The van der Waals surface area contributed by atoms with Gasteiger partial charge in [0.15, 0.2) is 5.82 Å². The van der Waals surface area contributed by atoms with E-state index in [0.29, 0.717) is 24.6 Å². The minimum absolute atomic E-state index is 0.162. The summed E-state index contributed by atoms with van der Waals surface area (Å²) in [7, 11) is 0. The lowest BCUT2D eigenvalue weighted by atomic mass is 10.3. The molecule has 0 spiro atoms. The van der Waals surface area contributed by atoms with E-state index in [0.717, 1.165) is 13.1 Å². The summed E-state index contributed by atoms with van der Waals surface area (Å²) in [5, 5.41) is 9.07. The van der Waals surface area contributed by atoms with Gasteiger partial charge < -0.3 is 9.64 Å². The van der Waals surface area contributed by atoms with Gasteiger partial charge in [-0.25, -0.2) is 4.98 Å². The standard InChI is InChI=1S/C9H9ClN4O/c10-9-12-6-7(5-11)8(13-9)14-1-3-15-4-2-14/h6H,1-4H2. The van der Waals surface area contributed by atoms with Crippen LogP contribution in [0.15, 0.2) is 6.20 Å². The molecule has 5 nitrogen and oxygen atoms in total. The van der Waals surface area contributed by atoms with Crippen LogP contribution in [0.1, 0.15) is 5.56 Å². The first-order valence-electron chi connectivity index (χ1n) is 4.56. The van der Waals surface area contributed by atoms with E-state index in [1.807, 2.05) is 4.90 Å². The molecule has 2 heterocycles. The molecule has 0 bridgehead atoms. The molecule has 1 fully saturated rings. The van der Waals surface area contributed by atoms with E-state index in [1.165, 1.54) is 6.20 Å². The van der Waals surface area contributed by atoms with E-state index in [2.05, 4.69) is 16.0 Å². The maximum atomic E-state index is 8.91. The molecule has 0 radical (unpaired) electrons. The Morgan fingerprint density at radius 3 is 2.87 bits per heavy atom. The van der Waals surface area contributed by atoms with Crippen LogP contribution in [0.2, 0.25) is 5.28 Å². The molecule has 78 valence electrons. The van der Waals surface area contributed by atoms with E-state index in [-0.39, 0.29) is 5.28 Å². The Morgan fingerprint density at radius 2 is 2.20 bits per heavy atom. The Hall–Kier alpha value is -1.38. The van der Waals surface area contributed by atoms with Crippen LogP contribution in [-0.2, 0) is 4.74 Å². The largest absolute Gasteiger partial charge is 0.378 e. The second kappa shape index (κ2) is 4.43. The Kier molecular flexibility index (Phi) is 2.99. The number of halogens is 1. The smallest absolute Gasteiger partial charge is 0.224 e. The highest BCUT2D eigenvalue weighted by Crippen LogP contribution is 2.19. The van der Waals surface area contributed by atoms with Crippen molar-refractivity contribution in [3.05, 3.63) is 17.0 Å². The van der Waals surface area contributed by atoms with Crippen LogP contribution in [-0.4, -0.2) is 36.3 Å². The molecule has 0 aliphatic carbocycles. The second-order valence-electron chi connectivity index (χ2n) is 3.09. The highest BCUT2D eigenvalue weighted by Gasteiger charge is 2.16. The number of hydrogen-bond acceptors (Lipinski definition) is 5. The fourth-order valence-corrected chi connectivity index (χ4v) is 1.58. The third-order valence-corrected chi connectivity index (χ3v) is 2.35. The fourth-order valence-electron chi connectivity index (χ4n) is 1.45. The van der Waals surface area contributed by atoms with Crippen LogP contribution in [0.5, 0.6) is 0 Å². The van der Waals surface area contributed by atoms with Gasteiger partial charge in [-0.15, -0.1) is 0 Å². The molecule has 0 atom stereocenters. The zero-order chi connectivity index (χ0) is 10.7. The van der Waals surface area contributed by atoms with Gasteiger partial charge in [-0.2, -0.15) is 10.2 Å². The van der Waals surface area contributed by atoms with Crippen LogP contribution in [0.25, 0.3) is 0 Å². The lowest BCUT2D eigenvalue weighted by Crippen LogP contribution is -2.37. The third-order valence-electron chi connectivity index (χ3n) is 2.17. The van der Waals surface area contributed by atoms with Gasteiger partial charge in [0, 0.05) is 13.1 Å². The van der Waals surface area contributed by atoms with Crippen molar-refractivity contribution in [3.63, 3.8) is 0 Å². The zero-order valence-electron chi connectivity index (χ0n) is 7.98. The highest BCUT2D eigenvalue weighted by molar-refractivity contribution is 6.28. The van der Waals surface area contributed by atoms with Gasteiger partial charge in [0.25, 0.3) is 0 Å². The molecule has 2 rings (SSSR count). The number of aromatic nitrogens is 2. The van der Waals surface area contributed by atoms with E-state index in [9.17, 15) is 0 Å². The lowest BCUT2D eigenvalue weighted by Gasteiger charge is -2.28. The van der Waals surface area contributed by atoms with Crippen molar-refractivity contribution < 1.29 is 4.74 Å². The molecular formula is C9H9ClN4O. The highest BCUT2D eigenvalue weighted by atomic mass is 35.5. The lowest BCUT2D eigenvalue weighted by molar-refractivity contribution is 0.122. The molecule has 1 aromatic rings. The molecule has 0 saturated carbocycles. The number of hydrogen-bond donors (Lipinski definition) is 0. The van der Waals surface area contributed by atoms with Crippen LogP contribution < -0.4 is 4.90 Å². The van der Waals surface area contributed by atoms with Crippen molar-refractivity contribution >= 4 is 17.4 Å². The summed E-state index contributed by atoms with van der Waals surface area (Å²) in [5.74, 6) is 0.598. The van der Waals surface area contributed by atoms with Gasteiger partial charge in [-0.1, -0.05) is 0 Å². The van der Waals surface area contributed by atoms with Crippen molar-refractivity contribution in [3.8, 4) is 6.07 Å². The molecule has 6 heteroatoms. The number of rotatable bonds is 1. The van der Waals surface area contributed by atoms with Gasteiger partial charge in [0.05, 0.1) is 19.4 Å². The minimum atomic E-state index is 0.162. The summed E-state index contributed by atoms with van der Waals surface area (Å²) in [4.78, 5) is 9.83. The number of nitrogens with zero attached hydrogens (tertiary/aromatic N) is 4. The minimum Gasteiger partial charge on any atom is -0.378 e. The third kappa shape index (κ3) is 2.17. The number of ether oxygens (including phenoxy) is 1. The summed E-state index contributed by atoms with van der Waals surface area (Å²) in [6, 6.07) is 2.05. The van der Waals surface area contributed by atoms with E-state index in [4.69, 9.17) is 21.6 Å². The van der Waals surface area contributed by atoms with Crippen LogP contribution in [0.3, 0.4) is 0 Å². The number of morpholine rings is 1. The normalized spacial score (nSPS) is 16.1. The van der Waals surface area contributed by atoms with Crippen molar-refractivity contribution in [1.29, 1.82) is 5.26 Å². The van der Waals surface area contributed by atoms with Gasteiger partial charge in [0.1, 0.15) is 11.6 Å². The van der Waals surface area contributed by atoms with E-state index >= 15 is 0 Å². The van der Waals surface area contributed by atoms with Crippen molar-refractivity contribution in [2.45, 2.75) is 0 Å². The van der Waals surface area contributed by atoms with E-state index in [1.54, 1.807) is 0 Å². The van der Waals surface area contributed by atoms with Crippen molar-refractivity contribution in [2.24, 2.45) is 0 Å². The van der Waals surface area contributed by atoms with Gasteiger partial charge >= 0.3 is 0 Å². The Morgan fingerprint density at radius 1 is 1.47 bits per heavy atom. The summed E-state index contributed by atoms with van der Waals surface area (Å²) in [5.41, 5.74) is 0.446. The summed E-state index contributed by atoms with van der Waals surface area (Å²) in [6.45, 7) is 2.74. The maximum absolute atomic E-state index is 8.91. The summed E-state index contributed by atoms with van der Waals surface area (Å²) >= 11 is 5.70. The van der Waals surface area contributed by atoms with Crippen LogP contribution in [0, 0.1) is 11.3 Å². The Labute approximate surface area is 92.3 Å². The summed E-state index contributed by atoms with van der Waals surface area (Å²) in [6.07, 6.45) is 1.44. The number of anilines is 1. The zero-order valence-corrected chi connectivity index (χ0v) is 8.74. The molecule has 0 unspecified atom stereocenters. The number of nitriles is 1. The SMILES string of the molecule is N#Cc1cnc(Cl)nc1N1CCOCC1. The first-order valence-corrected chi connectivity index (χ1v) is 4.94. The molecule has 1 aromatic heterocycles. The molecule has 1 saturated heterocycles. The Bertz CT molecular complexity index is 398.